The van der Waals surface area contributed by atoms with Crippen molar-refractivity contribution < 1.29 is 18.0 Å². The predicted octanol–water partition coefficient (Wildman–Crippen LogP) is 1.89. The zero-order valence-corrected chi connectivity index (χ0v) is 15.0. The van der Waals surface area contributed by atoms with E-state index < -0.39 is 28.9 Å². The summed E-state index contributed by atoms with van der Waals surface area (Å²) in [6, 6.07) is 1.59. The number of anilines is 2. The van der Waals surface area contributed by atoms with Crippen LogP contribution >= 0.6 is 0 Å². The van der Waals surface area contributed by atoms with E-state index in [4.69, 9.17) is 0 Å². The molecule has 0 atom stereocenters. The largest absolute Gasteiger partial charge is 0.347 e. The van der Waals surface area contributed by atoms with E-state index in [0.717, 1.165) is 32.0 Å². The molecule has 3 rings (SSSR count). The quantitative estimate of drug-likeness (QED) is 0.799. The van der Waals surface area contributed by atoms with E-state index in [2.05, 4.69) is 20.3 Å². The van der Waals surface area contributed by atoms with Crippen molar-refractivity contribution in [2.45, 2.75) is 19.4 Å². The molecule has 7 nitrogen and oxygen atoms in total. The molecule has 0 radical (unpaired) electrons. The highest BCUT2D eigenvalue weighted by atomic mass is 19.2. The van der Waals surface area contributed by atoms with Crippen molar-refractivity contribution in [3.8, 4) is 0 Å². The van der Waals surface area contributed by atoms with Gasteiger partial charge in [0.1, 0.15) is 0 Å². The molecule has 1 amide bonds. The lowest BCUT2D eigenvalue weighted by Gasteiger charge is -2.19. The number of benzene rings is 1. The molecule has 1 fully saturated rings. The Morgan fingerprint density at radius 1 is 1.11 bits per heavy atom. The molecule has 10 heteroatoms. The highest BCUT2D eigenvalue weighted by Crippen LogP contribution is 2.18. The van der Waals surface area contributed by atoms with Gasteiger partial charge in [-0.2, -0.15) is 15.0 Å². The molecule has 144 valence electrons. The number of carbonyl (C=O) groups is 1. The Morgan fingerprint density at radius 2 is 1.81 bits per heavy atom. The van der Waals surface area contributed by atoms with Crippen LogP contribution in [0.5, 0.6) is 0 Å². The number of carbonyl (C=O) groups excluding carboxylic acids is 1. The highest BCUT2D eigenvalue weighted by molar-refractivity contribution is 5.94. The number of halogens is 3. The molecule has 1 aliphatic heterocycles. The van der Waals surface area contributed by atoms with Crippen LogP contribution < -0.4 is 15.1 Å². The zero-order valence-electron chi connectivity index (χ0n) is 15.0. The normalized spacial score (nSPS) is 13.7. The second-order valence-electron chi connectivity index (χ2n) is 6.35. The third-order valence-corrected chi connectivity index (χ3v) is 4.13. The van der Waals surface area contributed by atoms with Crippen molar-refractivity contribution in [3.63, 3.8) is 0 Å². The number of nitrogens with one attached hydrogen (secondary N) is 1. The third kappa shape index (κ3) is 4.09. The standard InChI is InChI=1S/C17H19F3N6O/c1-25(2)16-22-12(23-17(24-16)26-7-3-4-8-26)9-21-15(27)10-5-6-11(18)14(20)13(10)19/h5-6H,3-4,7-9H2,1-2H3,(H,21,27). The fraction of sp³-hybridized carbons (Fsp3) is 0.412. The average Bonchev–Trinajstić information content (AvgIpc) is 3.19. The lowest BCUT2D eigenvalue weighted by atomic mass is 10.2. The summed E-state index contributed by atoms with van der Waals surface area (Å²) in [5, 5.41) is 2.43. The molecule has 27 heavy (non-hydrogen) atoms. The van der Waals surface area contributed by atoms with Crippen molar-refractivity contribution in [1.82, 2.24) is 20.3 Å². The Kier molecular flexibility index (Phi) is 5.43. The molecule has 0 spiro atoms. The molecule has 2 aromatic rings. The summed E-state index contributed by atoms with van der Waals surface area (Å²) < 4.78 is 40.1. The van der Waals surface area contributed by atoms with E-state index in [1.54, 1.807) is 19.0 Å². The van der Waals surface area contributed by atoms with Crippen molar-refractivity contribution in [1.29, 1.82) is 0 Å². The molecule has 1 saturated heterocycles. The molecule has 2 heterocycles. The van der Waals surface area contributed by atoms with E-state index in [0.29, 0.717) is 18.0 Å². The molecule has 1 N–H and O–H groups in total. The van der Waals surface area contributed by atoms with E-state index in [-0.39, 0.29) is 12.4 Å². The molecule has 1 aliphatic rings. The van der Waals surface area contributed by atoms with Gasteiger partial charge in [-0.25, -0.2) is 13.2 Å². The second kappa shape index (κ2) is 7.77. The van der Waals surface area contributed by atoms with E-state index >= 15 is 0 Å². The molecule has 1 aromatic carbocycles. The van der Waals surface area contributed by atoms with Gasteiger partial charge in [0, 0.05) is 27.2 Å². The fourth-order valence-electron chi connectivity index (χ4n) is 2.69. The maximum absolute atomic E-state index is 13.7. The maximum atomic E-state index is 13.7. The van der Waals surface area contributed by atoms with Gasteiger partial charge in [0.2, 0.25) is 11.9 Å². The van der Waals surface area contributed by atoms with Crippen LogP contribution in [0.25, 0.3) is 0 Å². The van der Waals surface area contributed by atoms with Gasteiger partial charge < -0.3 is 15.1 Å². The highest BCUT2D eigenvalue weighted by Gasteiger charge is 2.20. The topological polar surface area (TPSA) is 74.2 Å². The summed E-state index contributed by atoms with van der Waals surface area (Å²) >= 11 is 0. The van der Waals surface area contributed by atoms with E-state index in [1.807, 2.05) is 4.90 Å². The van der Waals surface area contributed by atoms with Crippen molar-refractivity contribution >= 4 is 17.8 Å². The Labute approximate surface area is 154 Å². The maximum Gasteiger partial charge on any atom is 0.254 e. The number of rotatable bonds is 5. The Balaban J connectivity index is 1.79. The smallest absolute Gasteiger partial charge is 0.254 e. The average molecular weight is 380 g/mol. The van der Waals surface area contributed by atoms with Crippen LogP contribution in [0.2, 0.25) is 0 Å². The van der Waals surface area contributed by atoms with Crippen molar-refractivity contribution in [3.05, 3.63) is 41.0 Å². The SMILES string of the molecule is CN(C)c1nc(CNC(=O)c2ccc(F)c(F)c2F)nc(N2CCCC2)n1. The monoisotopic (exact) mass is 380 g/mol. The van der Waals surface area contributed by atoms with Gasteiger partial charge in [0.05, 0.1) is 12.1 Å². The number of amides is 1. The molecule has 0 unspecified atom stereocenters. The lowest BCUT2D eigenvalue weighted by molar-refractivity contribution is 0.0944. The van der Waals surface area contributed by atoms with Gasteiger partial charge >= 0.3 is 0 Å². The van der Waals surface area contributed by atoms with Crippen LogP contribution in [0.4, 0.5) is 25.1 Å². The Morgan fingerprint density at radius 3 is 2.48 bits per heavy atom. The van der Waals surface area contributed by atoms with Crippen LogP contribution in [0, 0.1) is 17.5 Å². The predicted molar refractivity (Wildman–Crippen MR) is 93.1 cm³/mol. The first-order valence-corrected chi connectivity index (χ1v) is 8.45. The summed E-state index contributed by atoms with van der Waals surface area (Å²) in [5.74, 6) is -4.24. The molecule has 1 aromatic heterocycles. The van der Waals surface area contributed by atoms with Gasteiger partial charge in [-0.3, -0.25) is 4.79 Å². The second-order valence-corrected chi connectivity index (χ2v) is 6.35. The van der Waals surface area contributed by atoms with Gasteiger partial charge in [-0.1, -0.05) is 0 Å². The summed E-state index contributed by atoms with van der Waals surface area (Å²) in [6.07, 6.45) is 2.09. The van der Waals surface area contributed by atoms with E-state index in [1.165, 1.54) is 0 Å². The Bertz CT molecular complexity index is 855. The summed E-state index contributed by atoms with van der Waals surface area (Å²) in [4.78, 5) is 28.9. The van der Waals surface area contributed by atoms with Crippen molar-refractivity contribution in [2.24, 2.45) is 0 Å². The number of aromatic nitrogens is 3. The zero-order chi connectivity index (χ0) is 19.6. The number of hydrogen-bond acceptors (Lipinski definition) is 6. The first-order valence-electron chi connectivity index (χ1n) is 8.45. The summed E-state index contributed by atoms with van der Waals surface area (Å²) in [7, 11) is 3.56. The minimum atomic E-state index is -1.69. The number of nitrogens with zero attached hydrogens (tertiary/aromatic N) is 5. The summed E-state index contributed by atoms with van der Waals surface area (Å²) in [6.45, 7) is 1.56. The van der Waals surface area contributed by atoms with Gasteiger partial charge in [0.25, 0.3) is 5.91 Å². The fourth-order valence-corrected chi connectivity index (χ4v) is 2.69. The van der Waals surface area contributed by atoms with Crippen LogP contribution in [-0.4, -0.2) is 48.0 Å². The molecular weight excluding hydrogens is 361 g/mol. The first-order chi connectivity index (χ1) is 12.9. The van der Waals surface area contributed by atoms with Crippen molar-refractivity contribution in [2.75, 3.05) is 37.0 Å². The van der Waals surface area contributed by atoms with Gasteiger partial charge in [-0.05, 0) is 25.0 Å². The van der Waals surface area contributed by atoms with Crippen LogP contribution in [0.15, 0.2) is 12.1 Å². The minimum absolute atomic E-state index is 0.110. The molecular formula is C17H19F3N6O. The van der Waals surface area contributed by atoms with Crippen LogP contribution in [0.1, 0.15) is 29.0 Å². The third-order valence-electron chi connectivity index (χ3n) is 4.13. The molecule has 0 saturated carbocycles. The van der Waals surface area contributed by atoms with Crippen LogP contribution in [0.3, 0.4) is 0 Å². The first kappa shape index (κ1) is 18.9. The van der Waals surface area contributed by atoms with Gasteiger partial charge in [-0.15, -0.1) is 0 Å². The molecule has 0 bridgehead atoms. The minimum Gasteiger partial charge on any atom is -0.347 e. The van der Waals surface area contributed by atoms with Gasteiger partial charge in [0.15, 0.2) is 23.3 Å². The van der Waals surface area contributed by atoms with Crippen LogP contribution in [-0.2, 0) is 6.54 Å². The lowest BCUT2D eigenvalue weighted by Crippen LogP contribution is -2.28. The number of hydrogen-bond donors (Lipinski definition) is 1. The van der Waals surface area contributed by atoms with E-state index in [9.17, 15) is 18.0 Å². The summed E-state index contributed by atoms with van der Waals surface area (Å²) in [5.41, 5.74) is -0.587. The Hall–Kier alpha value is -2.91. The molecule has 0 aliphatic carbocycles.